The van der Waals surface area contributed by atoms with Crippen LogP contribution in [0.3, 0.4) is 0 Å². The molecule has 2 rings (SSSR count). The lowest BCUT2D eigenvalue weighted by Gasteiger charge is -2.43. The molecular formula is C16H22F3NO. The van der Waals surface area contributed by atoms with Crippen molar-refractivity contribution in [2.75, 3.05) is 13.7 Å². The zero-order valence-electron chi connectivity index (χ0n) is 12.5. The zero-order chi connectivity index (χ0) is 15.5. The molecule has 1 N–H and O–H groups in total. The number of halogens is 3. The van der Waals surface area contributed by atoms with Gasteiger partial charge in [-0.2, -0.15) is 0 Å². The average Bonchev–Trinajstić information content (AvgIpc) is 2.44. The molecule has 0 saturated heterocycles. The van der Waals surface area contributed by atoms with Gasteiger partial charge in [-0.1, -0.05) is 13.0 Å². The van der Waals surface area contributed by atoms with Crippen molar-refractivity contribution in [3.05, 3.63) is 35.1 Å². The summed E-state index contributed by atoms with van der Waals surface area (Å²) in [6, 6.07) is 1.93. The van der Waals surface area contributed by atoms with E-state index in [1.54, 1.807) is 7.11 Å². The van der Waals surface area contributed by atoms with Crippen LogP contribution < -0.4 is 5.32 Å². The summed E-state index contributed by atoms with van der Waals surface area (Å²) in [5.41, 5.74) is -0.103. The molecule has 1 aliphatic rings. The van der Waals surface area contributed by atoms with Crippen LogP contribution in [0.25, 0.3) is 0 Å². The Labute approximate surface area is 123 Å². The van der Waals surface area contributed by atoms with Crippen LogP contribution >= 0.6 is 0 Å². The van der Waals surface area contributed by atoms with Crippen molar-refractivity contribution >= 4 is 0 Å². The molecule has 0 radical (unpaired) electrons. The molecule has 2 nitrogen and oxygen atoms in total. The zero-order valence-corrected chi connectivity index (χ0v) is 12.5. The van der Waals surface area contributed by atoms with Crippen LogP contribution in [0.15, 0.2) is 12.1 Å². The average molecular weight is 301 g/mol. The van der Waals surface area contributed by atoms with E-state index in [1.165, 1.54) is 6.07 Å². The molecular weight excluding hydrogens is 279 g/mol. The van der Waals surface area contributed by atoms with Crippen LogP contribution in [-0.2, 0) is 4.74 Å². The van der Waals surface area contributed by atoms with Crippen LogP contribution in [-0.4, -0.2) is 19.3 Å². The molecule has 0 amide bonds. The van der Waals surface area contributed by atoms with Crippen LogP contribution in [0.2, 0.25) is 0 Å². The van der Waals surface area contributed by atoms with Gasteiger partial charge < -0.3 is 10.1 Å². The molecule has 0 heterocycles. The van der Waals surface area contributed by atoms with Gasteiger partial charge >= 0.3 is 0 Å². The lowest BCUT2D eigenvalue weighted by atomic mass is 9.74. The number of hydrogen-bond acceptors (Lipinski definition) is 2. The Kier molecular flexibility index (Phi) is 5.27. The van der Waals surface area contributed by atoms with Gasteiger partial charge in [0.1, 0.15) is 0 Å². The fourth-order valence-corrected chi connectivity index (χ4v) is 2.86. The van der Waals surface area contributed by atoms with Crippen molar-refractivity contribution in [2.45, 2.75) is 50.7 Å². The lowest BCUT2D eigenvalue weighted by molar-refractivity contribution is -0.0840. The summed E-state index contributed by atoms with van der Waals surface area (Å²) in [6.07, 6.45) is 4.35. The van der Waals surface area contributed by atoms with E-state index in [4.69, 9.17) is 4.74 Å². The molecule has 0 aromatic heterocycles. The molecule has 118 valence electrons. The summed E-state index contributed by atoms with van der Waals surface area (Å²) < 4.78 is 46.2. The van der Waals surface area contributed by atoms with Crippen LogP contribution in [0.4, 0.5) is 13.2 Å². The Morgan fingerprint density at radius 1 is 1.24 bits per heavy atom. The number of rotatable bonds is 7. The van der Waals surface area contributed by atoms with Gasteiger partial charge in [-0.3, -0.25) is 0 Å². The maximum absolute atomic E-state index is 14.0. The third-order valence-corrected chi connectivity index (χ3v) is 4.36. The summed E-state index contributed by atoms with van der Waals surface area (Å²) >= 11 is 0. The van der Waals surface area contributed by atoms with E-state index in [0.29, 0.717) is 13.0 Å². The smallest absolute Gasteiger partial charge is 0.194 e. The predicted octanol–water partition coefficient (Wildman–Crippen LogP) is 4.10. The largest absolute Gasteiger partial charge is 0.378 e. The second-order valence-corrected chi connectivity index (χ2v) is 5.72. The Morgan fingerprint density at radius 2 is 1.95 bits per heavy atom. The summed E-state index contributed by atoms with van der Waals surface area (Å²) in [7, 11) is 1.65. The Hall–Kier alpha value is -1.07. The Balaban J connectivity index is 2.25. The second-order valence-electron chi connectivity index (χ2n) is 5.72. The molecule has 1 fully saturated rings. The molecule has 21 heavy (non-hydrogen) atoms. The van der Waals surface area contributed by atoms with E-state index in [1.807, 2.05) is 6.92 Å². The summed E-state index contributed by atoms with van der Waals surface area (Å²) in [5, 5.41) is 3.22. The van der Waals surface area contributed by atoms with Crippen molar-refractivity contribution in [1.82, 2.24) is 5.32 Å². The number of ether oxygens (including phenoxy) is 1. The summed E-state index contributed by atoms with van der Waals surface area (Å²) in [4.78, 5) is 0. The highest BCUT2D eigenvalue weighted by atomic mass is 19.2. The van der Waals surface area contributed by atoms with Gasteiger partial charge in [0.25, 0.3) is 0 Å². The standard InChI is InChI=1S/C16H22F3NO/c1-3-9-20-13(10-16(21-2)7-4-8-16)11-5-6-12(17)15(19)14(11)18/h5-6,13,20H,3-4,7-10H2,1-2H3. The number of methoxy groups -OCH3 is 1. The molecule has 5 heteroatoms. The minimum Gasteiger partial charge on any atom is -0.378 e. The number of benzene rings is 1. The lowest BCUT2D eigenvalue weighted by Crippen LogP contribution is -2.43. The van der Waals surface area contributed by atoms with E-state index in [9.17, 15) is 13.2 Å². The van der Waals surface area contributed by atoms with Crippen molar-refractivity contribution in [3.63, 3.8) is 0 Å². The van der Waals surface area contributed by atoms with E-state index in [-0.39, 0.29) is 17.2 Å². The van der Waals surface area contributed by atoms with Crippen molar-refractivity contribution in [2.24, 2.45) is 0 Å². The molecule has 0 spiro atoms. The fourth-order valence-electron chi connectivity index (χ4n) is 2.86. The van der Waals surface area contributed by atoms with Gasteiger partial charge in [-0.25, -0.2) is 13.2 Å². The summed E-state index contributed by atoms with van der Waals surface area (Å²) in [6.45, 7) is 2.68. The minimum absolute atomic E-state index is 0.172. The predicted molar refractivity (Wildman–Crippen MR) is 75.6 cm³/mol. The normalized spacial score (nSPS) is 18.3. The van der Waals surface area contributed by atoms with E-state index >= 15 is 0 Å². The minimum atomic E-state index is -1.41. The van der Waals surface area contributed by atoms with E-state index in [0.717, 1.165) is 31.7 Å². The van der Waals surface area contributed by atoms with Gasteiger partial charge in [0, 0.05) is 18.7 Å². The SMILES string of the molecule is CCCNC(CC1(OC)CCC1)c1ccc(F)c(F)c1F. The maximum Gasteiger partial charge on any atom is 0.194 e. The second kappa shape index (κ2) is 6.79. The van der Waals surface area contributed by atoms with Crippen molar-refractivity contribution < 1.29 is 17.9 Å². The van der Waals surface area contributed by atoms with Crippen molar-refractivity contribution in [1.29, 1.82) is 0 Å². The highest BCUT2D eigenvalue weighted by Gasteiger charge is 2.40. The molecule has 1 unspecified atom stereocenters. The van der Waals surface area contributed by atoms with E-state index < -0.39 is 17.5 Å². The molecule has 1 atom stereocenters. The molecule has 1 aliphatic carbocycles. The van der Waals surface area contributed by atoms with E-state index in [2.05, 4.69) is 5.32 Å². The first kappa shape index (κ1) is 16.3. The molecule has 1 aromatic rings. The summed E-state index contributed by atoms with van der Waals surface area (Å²) in [5.74, 6) is -3.67. The Bertz CT molecular complexity index is 483. The molecule has 1 saturated carbocycles. The van der Waals surface area contributed by atoms with Gasteiger partial charge in [-0.15, -0.1) is 0 Å². The molecule has 0 aliphatic heterocycles. The third-order valence-electron chi connectivity index (χ3n) is 4.36. The highest BCUT2D eigenvalue weighted by molar-refractivity contribution is 5.24. The molecule has 1 aromatic carbocycles. The van der Waals surface area contributed by atoms with Crippen LogP contribution in [0, 0.1) is 17.5 Å². The van der Waals surface area contributed by atoms with Gasteiger partial charge in [0.05, 0.1) is 5.60 Å². The van der Waals surface area contributed by atoms with Crippen LogP contribution in [0.5, 0.6) is 0 Å². The first-order valence-electron chi connectivity index (χ1n) is 7.45. The van der Waals surface area contributed by atoms with Gasteiger partial charge in [0.2, 0.25) is 0 Å². The number of nitrogens with one attached hydrogen (secondary N) is 1. The van der Waals surface area contributed by atoms with Crippen molar-refractivity contribution in [3.8, 4) is 0 Å². The Morgan fingerprint density at radius 3 is 2.48 bits per heavy atom. The fraction of sp³-hybridized carbons (Fsp3) is 0.625. The van der Waals surface area contributed by atoms with Crippen LogP contribution in [0.1, 0.15) is 50.6 Å². The van der Waals surface area contributed by atoms with Gasteiger partial charge in [-0.05, 0) is 44.7 Å². The van der Waals surface area contributed by atoms with Gasteiger partial charge in [0.15, 0.2) is 17.5 Å². The monoisotopic (exact) mass is 301 g/mol. The highest BCUT2D eigenvalue weighted by Crippen LogP contribution is 2.42. The number of hydrogen-bond donors (Lipinski definition) is 1. The first-order chi connectivity index (χ1) is 10.0. The topological polar surface area (TPSA) is 21.3 Å². The maximum atomic E-state index is 14.0. The first-order valence-corrected chi connectivity index (χ1v) is 7.45. The third kappa shape index (κ3) is 3.40. The molecule has 0 bridgehead atoms. The quantitative estimate of drug-likeness (QED) is 0.765.